The summed E-state index contributed by atoms with van der Waals surface area (Å²) >= 11 is 1.89. The van der Waals surface area contributed by atoms with Crippen LogP contribution in [0.5, 0.6) is 0 Å². The van der Waals surface area contributed by atoms with Crippen LogP contribution in [0.1, 0.15) is 71.1 Å². The van der Waals surface area contributed by atoms with Gasteiger partial charge in [0.15, 0.2) is 0 Å². The van der Waals surface area contributed by atoms with Gasteiger partial charge in [-0.25, -0.2) is 0 Å². The molecule has 0 saturated heterocycles. The Morgan fingerprint density at radius 1 is 1.00 bits per heavy atom. The summed E-state index contributed by atoms with van der Waals surface area (Å²) in [6.07, 6.45) is 17.3. The van der Waals surface area contributed by atoms with Crippen LogP contribution in [0.2, 0.25) is 0 Å². The third kappa shape index (κ3) is 17.3. The zero-order valence-corrected chi connectivity index (χ0v) is 13.7. The average molecular weight is 298 g/mol. The molecule has 0 aromatic carbocycles. The summed E-state index contributed by atoms with van der Waals surface area (Å²) in [6.45, 7) is 2.23. The van der Waals surface area contributed by atoms with Crippen LogP contribution in [-0.2, 0) is 4.79 Å². The van der Waals surface area contributed by atoms with Crippen molar-refractivity contribution in [3.63, 3.8) is 0 Å². The predicted octanol–water partition coefficient (Wildman–Crippen LogP) is 5.80. The molecule has 0 aromatic rings. The molecule has 0 aromatic heterocycles. The van der Waals surface area contributed by atoms with Gasteiger partial charge in [-0.15, -0.1) is 11.8 Å². The number of hydrogen-bond donors (Lipinski definition) is 1. The number of allylic oxidation sites excluding steroid dienone is 3. The fourth-order valence-electron chi connectivity index (χ4n) is 1.85. The lowest BCUT2D eigenvalue weighted by Crippen LogP contribution is -1.93. The summed E-state index contributed by atoms with van der Waals surface area (Å²) in [4.78, 5) is 10.3. The van der Waals surface area contributed by atoms with Crippen LogP contribution in [0, 0.1) is 0 Å². The second-order valence-corrected chi connectivity index (χ2v) is 6.05. The number of carbonyl (C=O) groups is 1. The number of aliphatic carboxylic acids is 1. The van der Waals surface area contributed by atoms with E-state index in [1.165, 1.54) is 37.9 Å². The maximum Gasteiger partial charge on any atom is 0.303 e. The van der Waals surface area contributed by atoms with Gasteiger partial charge in [-0.1, -0.05) is 57.3 Å². The average Bonchev–Trinajstić information content (AvgIpc) is 2.43. The predicted molar refractivity (Wildman–Crippen MR) is 90.2 cm³/mol. The largest absolute Gasteiger partial charge is 0.481 e. The molecule has 0 atom stereocenters. The Balaban J connectivity index is 3.19. The molecule has 0 spiro atoms. The molecule has 0 bridgehead atoms. The second kappa shape index (κ2) is 16.4. The Hall–Kier alpha value is -0.700. The van der Waals surface area contributed by atoms with Crippen molar-refractivity contribution in [3.8, 4) is 0 Å². The minimum Gasteiger partial charge on any atom is -0.481 e. The van der Waals surface area contributed by atoms with Crippen molar-refractivity contribution in [2.45, 2.75) is 71.1 Å². The van der Waals surface area contributed by atoms with Gasteiger partial charge in [0.05, 0.1) is 0 Å². The van der Waals surface area contributed by atoms with E-state index in [1.807, 2.05) is 11.8 Å². The molecule has 0 saturated carbocycles. The molecule has 20 heavy (non-hydrogen) atoms. The number of thioether (sulfide) groups is 1. The molecular weight excluding hydrogens is 268 g/mol. The Kier molecular flexibility index (Phi) is 15.8. The molecule has 116 valence electrons. The summed E-state index contributed by atoms with van der Waals surface area (Å²) in [7, 11) is 0. The first-order chi connectivity index (χ1) is 9.77. The van der Waals surface area contributed by atoms with Gasteiger partial charge in [-0.3, -0.25) is 4.79 Å². The molecule has 3 heteroatoms. The zero-order valence-electron chi connectivity index (χ0n) is 12.9. The van der Waals surface area contributed by atoms with E-state index in [4.69, 9.17) is 5.11 Å². The highest BCUT2D eigenvalue weighted by atomic mass is 32.2. The molecule has 0 radical (unpaired) electrons. The van der Waals surface area contributed by atoms with E-state index >= 15 is 0 Å². The lowest BCUT2D eigenvalue weighted by Gasteiger charge is -1.97. The first kappa shape index (κ1) is 19.3. The molecular formula is C17H30O2S. The van der Waals surface area contributed by atoms with Gasteiger partial charge in [0, 0.05) is 6.42 Å². The third-order valence-electron chi connectivity index (χ3n) is 3.05. The van der Waals surface area contributed by atoms with E-state index < -0.39 is 5.97 Å². The van der Waals surface area contributed by atoms with Crippen molar-refractivity contribution in [2.24, 2.45) is 0 Å². The summed E-state index contributed by atoms with van der Waals surface area (Å²) in [5.41, 5.74) is 0. The van der Waals surface area contributed by atoms with Crippen LogP contribution < -0.4 is 0 Å². The maximum atomic E-state index is 10.3. The highest BCUT2D eigenvalue weighted by molar-refractivity contribution is 8.02. The molecule has 0 aliphatic heterocycles. The number of hydrogen-bond acceptors (Lipinski definition) is 2. The molecule has 0 unspecified atom stereocenters. The van der Waals surface area contributed by atoms with E-state index in [0.29, 0.717) is 6.42 Å². The van der Waals surface area contributed by atoms with E-state index in [2.05, 4.69) is 30.6 Å². The van der Waals surface area contributed by atoms with Crippen LogP contribution in [0.3, 0.4) is 0 Å². The Labute approximate surface area is 128 Å². The highest BCUT2D eigenvalue weighted by Gasteiger charge is 1.95. The quantitative estimate of drug-likeness (QED) is 0.325. The van der Waals surface area contributed by atoms with Crippen molar-refractivity contribution >= 4 is 17.7 Å². The first-order valence-corrected chi connectivity index (χ1v) is 8.97. The van der Waals surface area contributed by atoms with Crippen molar-refractivity contribution in [3.05, 3.63) is 23.6 Å². The van der Waals surface area contributed by atoms with E-state index in [9.17, 15) is 4.79 Å². The zero-order chi connectivity index (χ0) is 14.9. The first-order valence-electron chi connectivity index (χ1n) is 7.92. The monoisotopic (exact) mass is 298 g/mol. The smallest absolute Gasteiger partial charge is 0.303 e. The van der Waals surface area contributed by atoms with E-state index in [0.717, 1.165) is 25.7 Å². The second-order valence-electron chi connectivity index (χ2n) is 5.03. The van der Waals surface area contributed by atoms with E-state index in [1.54, 1.807) is 0 Å². The van der Waals surface area contributed by atoms with Crippen molar-refractivity contribution in [1.82, 2.24) is 0 Å². The number of unbranched alkanes of at least 4 members (excludes halogenated alkanes) is 7. The molecule has 0 aliphatic carbocycles. The van der Waals surface area contributed by atoms with E-state index in [-0.39, 0.29) is 0 Å². The van der Waals surface area contributed by atoms with Gasteiger partial charge in [0.2, 0.25) is 0 Å². The summed E-state index contributed by atoms with van der Waals surface area (Å²) in [6, 6.07) is 0. The molecule has 0 rings (SSSR count). The Morgan fingerprint density at radius 3 is 2.50 bits per heavy atom. The summed E-state index contributed by atoms with van der Waals surface area (Å²) in [5, 5.41) is 10.7. The summed E-state index contributed by atoms with van der Waals surface area (Å²) < 4.78 is 0. The Bertz CT molecular complexity index is 272. The fourth-order valence-corrected chi connectivity index (χ4v) is 2.56. The SMILES string of the molecule is CCCCCS/C=C/C=C\CCCCCCCC(=O)O. The van der Waals surface area contributed by atoms with Crippen LogP contribution in [0.25, 0.3) is 0 Å². The van der Waals surface area contributed by atoms with Gasteiger partial charge in [0.1, 0.15) is 0 Å². The number of rotatable bonds is 14. The van der Waals surface area contributed by atoms with Crippen LogP contribution in [-0.4, -0.2) is 16.8 Å². The molecule has 0 aliphatic rings. The molecule has 1 N–H and O–H groups in total. The minimum absolute atomic E-state index is 0.320. The fraction of sp³-hybridized carbons (Fsp3) is 0.706. The lowest BCUT2D eigenvalue weighted by molar-refractivity contribution is -0.137. The van der Waals surface area contributed by atoms with Gasteiger partial charge in [-0.05, 0) is 36.8 Å². The molecule has 2 nitrogen and oxygen atoms in total. The standard InChI is InChI=1S/C17H30O2S/c1-2-3-12-15-20-16-13-10-8-6-4-5-7-9-11-14-17(18)19/h8,10,13,16H,2-7,9,11-12,14-15H2,1H3,(H,18,19)/b10-8-,16-13+. The van der Waals surface area contributed by atoms with Gasteiger partial charge in [0.25, 0.3) is 0 Å². The van der Waals surface area contributed by atoms with Crippen LogP contribution in [0.4, 0.5) is 0 Å². The normalized spacial score (nSPS) is 11.7. The minimum atomic E-state index is -0.674. The maximum absolute atomic E-state index is 10.3. The van der Waals surface area contributed by atoms with Gasteiger partial charge >= 0.3 is 5.97 Å². The molecule has 0 heterocycles. The van der Waals surface area contributed by atoms with Crippen LogP contribution >= 0.6 is 11.8 Å². The summed E-state index contributed by atoms with van der Waals surface area (Å²) in [5.74, 6) is 0.557. The molecule has 0 amide bonds. The van der Waals surface area contributed by atoms with Crippen molar-refractivity contribution < 1.29 is 9.90 Å². The van der Waals surface area contributed by atoms with Crippen LogP contribution in [0.15, 0.2) is 23.6 Å². The van der Waals surface area contributed by atoms with Crippen molar-refractivity contribution in [1.29, 1.82) is 0 Å². The number of carboxylic acids is 1. The lowest BCUT2D eigenvalue weighted by atomic mass is 10.1. The van der Waals surface area contributed by atoms with Gasteiger partial charge in [-0.2, -0.15) is 0 Å². The van der Waals surface area contributed by atoms with Crippen molar-refractivity contribution in [2.75, 3.05) is 5.75 Å². The molecule has 0 fully saturated rings. The number of carboxylic acid groups (broad SMARTS) is 1. The third-order valence-corrected chi connectivity index (χ3v) is 3.92. The topological polar surface area (TPSA) is 37.3 Å². The highest BCUT2D eigenvalue weighted by Crippen LogP contribution is 2.09. The van der Waals surface area contributed by atoms with Gasteiger partial charge < -0.3 is 5.11 Å². The Morgan fingerprint density at radius 2 is 1.75 bits per heavy atom.